The van der Waals surface area contributed by atoms with Crippen molar-refractivity contribution in [3.8, 4) is 17.1 Å². The van der Waals surface area contributed by atoms with E-state index in [0.29, 0.717) is 29.6 Å². The van der Waals surface area contributed by atoms with E-state index in [1.807, 2.05) is 31.2 Å². The highest BCUT2D eigenvalue weighted by molar-refractivity contribution is 7.92. The average Bonchev–Trinajstić information content (AvgIpc) is 3.24. The maximum Gasteiger partial charge on any atom is 0.246 e. The molecule has 0 saturated heterocycles. The van der Waals surface area contributed by atoms with Crippen molar-refractivity contribution >= 4 is 21.6 Å². The first-order valence-electron chi connectivity index (χ1n) is 10.0. The number of aryl methyl sites for hydroxylation is 1. The zero-order chi connectivity index (χ0) is 23.1. The molecule has 0 aliphatic rings. The van der Waals surface area contributed by atoms with Gasteiger partial charge in [0.2, 0.25) is 27.6 Å². The van der Waals surface area contributed by atoms with Crippen LogP contribution in [0.2, 0.25) is 0 Å². The van der Waals surface area contributed by atoms with Gasteiger partial charge >= 0.3 is 0 Å². The van der Waals surface area contributed by atoms with Crippen LogP contribution in [-0.4, -0.2) is 44.4 Å². The summed E-state index contributed by atoms with van der Waals surface area (Å²) in [5.74, 6) is 1.16. The lowest BCUT2D eigenvalue weighted by molar-refractivity contribution is -0.121. The van der Waals surface area contributed by atoms with E-state index in [1.165, 1.54) is 4.31 Å². The second-order valence-corrected chi connectivity index (χ2v) is 9.20. The fourth-order valence-electron chi connectivity index (χ4n) is 3.11. The number of anilines is 1. The van der Waals surface area contributed by atoms with Gasteiger partial charge in [0.15, 0.2) is 0 Å². The molecule has 1 aromatic heterocycles. The largest absolute Gasteiger partial charge is 0.497 e. The van der Waals surface area contributed by atoms with Crippen LogP contribution in [0.1, 0.15) is 24.3 Å². The highest BCUT2D eigenvalue weighted by atomic mass is 32.2. The topological polar surface area (TPSA) is 115 Å². The maximum atomic E-state index is 12.2. The van der Waals surface area contributed by atoms with Crippen LogP contribution in [0.5, 0.6) is 5.75 Å². The second-order valence-electron chi connectivity index (χ2n) is 7.29. The summed E-state index contributed by atoms with van der Waals surface area (Å²) in [5, 5.41) is 6.67. The molecule has 3 aromatic rings. The molecule has 0 atom stereocenters. The molecule has 170 valence electrons. The summed E-state index contributed by atoms with van der Waals surface area (Å²) in [7, 11) is -1.95. The minimum atomic E-state index is -3.49. The highest BCUT2D eigenvalue weighted by Gasteiger charge is 2.18. The van der Waals surface area contributed by atoms with E-state index in [-0.39, 0.29) is 25.4 Å². The van der Waals surface area contributed by atoms with Gasteiger partial charge in [0.1, 0.15) is 5.75 Å². The lowest BCUT2D eigenvalue weighted by Gasteiger charge is -2.22. The van der Waals surface area contributed by atoms with Crippen LogP contribution in [0.15, 0.2) is 53.1 Å². The van der Waals surface area contributed by atoms with Crippen LogP contribution in [0.4, 0.5) is 5.69 Å². The monoisotopic (exact) mass is 458 g/mol. The first kappa shape index (κ1) is 23.3. The van der Waals surface area contributed by atoms with E-state index in [1.54, 1.807) is 31.4 Å². The molecule has 0 spiro atoms. The van der Waals surface area contributed by atoms with Crippen molar-refractivity contribution in [2.24, 2.45) is 0 Å². The second kappa shape index (κ2) is 10.3. The fraction of sp³-hybridized carbons (Fsp3) is 0.318. The van der Waals surface area contributed by atoms with Crippen molar-refractivity contribution in [1.29, 1.82) is 0 Å². The molecule has 10 heteroatoms. The van der Waals surface area contributed by atoms with Gasteiger partial charge in [-0.25, -0.2) is 8.42 Å². The van der Waals surface area contributed by atoms with E-state index in [2.05, 4.69) is 15.5 Å². The number of benzene rings is 2. The zero-order valence-electron chi connectivity index (χ0n) is 18.2. The number of carbonyl (C=O) groups excluding carboxylic acids is 1. The average molecular weight is 459 g/mol. The van der Waals surface area contributed by atoms with E-state index in [9.17, 15) is 13.2 Å². The molecular formula is C22H26N4O5S. The number of hydrogen-bond acceptors (Lipinski definition) is 7. The third-order valence-corrected chi connectivity index (χ3v) is 5.90. The van der Waals surface area contributed by atoms with E-state index in [0.717, 1.165) is 17.4 Å². The Morgan fingerprint density at radius 1 is 1.19 bits per heavy atom. The Labute approximate surface area is 187 Å². The summed E-state index contributed by atoms with van der Waals surface area (Å²) in [5.41, 5.74) is 2.44. The number of methoxy groups -OCH3 is 1. The van der Waals surface area contributed by atoms with Gasteiger partial charge < -0.3 is 14.6 Å². The van der Waals surface area contributed by atoms with Crippen LogP contribution in [0, 0.1) is 6.92 Å². The summed E-state index contributed by atoms with van der Waals surface area (Å²) in [6.07, 6.45) is 1.64. The normalized spacial score (nSPS) is 11.2. The third-order valence-electron chi connectivity index (χ3n) is 4.71. The van der Waals surface area contributed by atoms with Crippen LogP contribution in [0.25, 0.3) is 11.4 Å². The number of nitrogens with zero attached hydrogens (tertiary/aromatic N) is 3. The maximum absolute atomic E-state index is 12.2. The fourth-order valence-corrected chi connectivity index (χ4v) is 4.07. The molecule has 32 heavy (non-hydrogen) atoms. The van der Waals surface area contributed by atoms with Gasteiger partial charge in [0.05, 0.1) is 25.6 Å². The van der Waals surface area contributed by atoms with Crippen LogP contribution in [-0.2, 0) is 21.4 Å². The van der Waals surface area contributed by atoms with Gasteiger partial charge in [-0.1, -0.05) is 28.9 Å². The van der Waals surface area contributed by atoms with Crippen molar-refractivity contribution in [3.63, 3.8) is 0 Å². The molecule has 0 saturated carbocycles. The predicted octanol–water partition coefficient (Wildman–Crippen LogP) is 2.92. The number of hydrogen-bond donors (Lipinski definition) is 1. The summed E-state index contributed by atoms with van der Waals surface area (Å²) in [6, 6.07) is 14.4. The number of sulfonamides is 1. The Morgan fingerprint density at radius 2 is 1.94 bits per heavy atom. The molecule has 3 rings (SSSR count). The molecule has 0 bridgehead atoms. The molecule has 0 unspecified atom stereocenters. The molecule has 9 nitrogen and oxygen atoms in total. The molecule has 0 radical (unpaired) electrons. The number of ether oxygens (including phenoxy) is 1. The molecule has 1 heterocycles. The van der Waals surface area contributed by atoms with Gasteiger partial charge in [-0.3, -0.25) is 9.10 Å². The van der Waals surface area contributed by atoms with Crippen LogP contribution >= 0.6 is 0 Å². The van der Waals surface area contributed by atoms with Gasteiger partial charge in [-0.15, -0.1) is 0 Å². The Morgan fingerprint density at radius 3 is 2.59 bits per heavy atom. The summed E-state index contributed by atoms with van der Waals surface area (Å²) in [4.78, 5) is 16.5. The highest BCUT2D eigenvalue weighted by Crippen LogP contribution is 2.22. The first-order chi connectivity index (χ1) is 15.3. The number of rotatable bonds is 10. The molecule has 0 fully saturated rings. The van der Waals surface area contributed by atoms with Gasteiger partial charge in [-0.2, -0.15) is 4.98 Å². The lowest BCUT2D eigenvalue weighted by Crippen LogP contribution is -2.32. The van der Waals surface area contributed by atoms with E-state index < -0.39 is 10.0 Å². The molecular weight excluding hydrogens is 432 g/mol. The standard InChI is InChI=1S/C22H26N4O5S/c1-16-6-4-7-17(14-16)22-24-21(31-25-22)15-23-20(27)8-5-13-26(32(3,28)29)18-9-11-19(30-2)12-10-18/h4,6-7,9-12,14H,5,8,13,15H2,1-3H3,(H,23,27). The Bertz CT molecular complexity index is 1160. The van der Waals surface area contributed by atoms with Crippen LogP contribution < -0.4 is 14.4 Å². The molecule has 2 aromatic carbocycles. The van der Waals surface area contributed by atoms with E-state index >= 15 is 0 Å². The number of amides is 1. The molecule has 0 aliphatic carbocycles. The van der Waals surface area contributed by atoms with Crippen molar-refractivity contribution in [1.82, 2.24) is 15.5 Å². The van der Waals surface area contributed by atoms with Gasteiger partial charge in [0, 0.05) is 18.5 Å². The quantitative estimate of drug-likeness (QED) is 0.497. The molecule has 1 N–H and O–H groups in total. The van der Waals surface area contributed by atoms with Crippen molar-refractivity contribution in [3.05, 3.63) is 60.0 Å². The number of nitrogens with one attached hydrogen (secondary N) is 1. The van der Waals surface area contributed by atoms with Crippen molar-refractivity contribution in [2.45, 2.75) is 26.3 Å². The Kier molecular flexibility index (Phi) is 7.47. The first-order valence-corrected chi connectivity index (χ1v) is 11.9. The van der Waals surface area contributed by atoms with Crippen molar-refractivity contribution in [2.75, 3.05) is 24.2 Å². The molecule has 1 amide bonds. The van der Waals surface area contributed by atoms with Crippen molar-refractivity contribution < 1.29 is 22.5 Å². The third kappa shape index (κ3) is 6.30. The predicted molar refractivity (Wildman–Crippen MR) is 121 cm³/mol. The van der Waals surface area contributed by atoms with Crippen LogP contribution in [0.3, 0.4) is 0 Å². The van der Waals surface area contributed by atoms with Gasteiger partial charge in [-0.05, 0) is 43.7 Å². The zero-order valence-corrected chi connectivity index (χ0v) is 19.1. The van der Waals surface area contributed by atoms with Gasteiger partial charge in [0.25, 0.3) is 0 Å². The number of carbonyl (C=O) groups is 1. The van der Waals surface area contributed by atoms with E-state index in [4.69, 9.17) is 9.26 Å². The molecule has 0 aliphatic heterocycles. The summed E-state index contributed by atoms with van der Waals surface area (Å²) >= 11 is 0. The minimum Gasteiger partial charge on any atom is -0.497 e. The lowest BCUT2D eigenvalue weighted by atomic mass is 10.1. The SMILES string of the molecule is COc1ccc(N(CCCC(=O)NCc2nc(-c3cccc(C)c3)no2)S(C)(=O)=O)cc1. The summed E-state index contributed by atoms with van der Waals surface area (Å²) < 4.78 is 35.9. The minimum absolute atomic E-state index is 0.103. The smallest absolute Gasteiger partial charge is 0.246 e. The Balaban J connectivity index is 1.50. The summed E-state index contributed by atoms with van der Waals surface area (Å²) in [6.45, 7) is 2.26. The Hall–Kier alpha value is -3.40. The number of aromatic nitrogens is 2.